The molecule has 1 aromatic heterocycles. The van der Waals surface area contributed by atoms with Crippen molar-refractivity contribution >= 4 is 38.8 Å². The number of aromatic nitrogens is 1. The van der Waals surface area contributed by atoms with Crippen LogP contribution in [0.15, 0.2) is 22.8 Å². The van der Waals surface area contributed by atoms with Crippen LogP contribution in [-0.2, 0) is 20.8 Å². The van der Waals surface area contributed by atoms with Crippen LogP contribution in [0.25, 0.3) is 10.9 Å². The minimum absolute atomic E-state index is 0.113. The van der Waals surface area contributed by atoms with Gasteiger partial charge in [0, 0.05) is 5.39 Å². The zero-order chi connectivity index (χ0) is 18.7. The summed E-state index contributed by atoms with van der Waals surface area (Å²) in [5, 5.41) is 1.08. The van der Waals surface area contributed by atoms with E-state index in [9.17, 15) is 9.59 Å². The summed E-state index contributed by atoms with van der Waals surface area (Å²) < 4.78 is 12.8. The van der Waals surface area contributed by atoms with Crippen LogP contribution in [-0.4, -0.2) is 30.2 Å². The minimum Gasteiger partial charge on any atom is -0.465 e. The molecule has 0 amide bonds. The topological polar surface area (TPSA) is 57.5 Å². The van der Waals surface area contributed by atoms with Gasteiger partial charge in [0.2, 0.25) is 0 Å². The Balaban J connectivity index is 2.12. The van der Waals surface area contributed by atoms with Gasteiger partial charge in [-0.15, -0.1) is 0 Å². The molecule has 1 fully saturated rings. The van der Waals surface area contributed by atoms with E-state index < -0.39 is 0 Å². The molecule has 0 aliphatic heterocycles. The first-order chi connectivity index (χ1) is 12.6. The summed E-state index contributed by atoms with van der Waals surface area (Å²) in [5.41, 5.74) is 2.57. The van der Waals surface area contributed by atoms with E-state index in [-0.39, 0.29) is 18.5 Å². The summed E-state index contributed by atoms with van der Waals surface area (Å²) in [4.78, 5) is 24.1. The Kier molecular flexibility index (Phi) is 6.01. The highest BCUT2D eigenvalue weighted by Gasteiger charge is 2.26. The van der Waals surface area contributed by atoms with Gasteiger partial charge in [-0.1, -0.05) is 25.3 Å². The molecule has 6 heteroatoms. The molecule has 1 heterocycles. The van der Waals surface area contributed by atoms with Gasteiger partial charge in [-0.05, 0) is 59.3 Å². The van der Waals surface area contributed by atoms with Crippen molar-refractivity contribution in [3.05, 3.63) is 33.9 Å². The molecule has 5 nitrogen and oxygen atoms in total. The van der Waals surface area contributed by atoms with E-state index in [2.05, 4.69) is 15.9 Å². The van der Waals surface area contributed by atoms with Crippen LogP contribution in [0.2, 0.25) is 0 Å². The Morgan fingerprint density at radius 3 is 2.62 bits per heavy atom. The van der Waals surface area contributed by atoms with Crippen molar-refractivity contribution in [1.82, 2.24) is 4.57 Å². The number of ether oxygens (including phenoxy) is 2. The van der Waals surface area contributed by atoms with E-state index in [1.54, 1.807) is 19.1 Å². The lowest BCUT2D eigenvalue weighted by Gasteiger charge is -2.22. The van der Waals surface area contributed by atoms with E-state index in [1.807, 2.05) is 10.6 Å². The lowest BCUT2D eigenvalue weighted by molar-refractivity contribution is -0.143. The zero-order valence-corrected chi connectivity index (χ0v) is 16.8. The highest BCUT2D eigenvalue weighted by Crippen LogP contribution is 2.42. The molecule has 0 atom stereocenters. The number of nitrogens with zero attached hydrogens (tertiary/aromatic N) is 1. The largest absolute Gasteiger partial charge is 0.465 e. The highest BCUT2D eigenvalue weighted by atomic mass is 79.9. The number of hydrogen-bond donors (Lipinski definition) is 0. The number of carbonyl (C=O) groups is 2. The van der Waals surface area contributed by atoms with Gasteiger partial charge >= 0.3 is 11.9 Å². The number of methoxy groups -OCH3 is 1. The number of benzene rings is 1. The Bertz CT molecular complexity index is 821. The normalized spacial score (nSPS) is 15.2. The summed E-state index contributed by atoms with van der Waals surface area (Å²) in [5.74, 6) is -0.206. The second kappa shape index (κ2) is 8.25. The summed E-state index contributed by atoms with van der Waals surface area (Å²) in [7, 11) is 1.37. The fourth-order valence-electron chi connectivity index (χ4n) is 3.86. The van der Waals surface area contributed by atoms with Crippen molar-refractivity contribution in [2.24, 2.45) is 0 Å². The third-order valence-corrected chi connectivity index (χ3v) is 5.92. The number of halogens is 1. The van der Waals surface area contributed by atoms with E-state index >= 15 is 0 Å². The minimum atomic E-state index is -0.383. The molecule has 0 radical (unpaired) electrons. The monoisotopic (exact) mass is 421 g/mol. The van der Waals surface area contributed by atoms with Gasteiger partial charge in [-0.3, -0.25) is 4.79 Å². The predicted octanol–water partition coefficient (Wildman–Crippen LogP) is 4.80. The molecule has 1 aliphatic rings. The molecule has 1 saturated carbocycles. The summed E-state index contributed by atoms with van der Waals surface area (Å²) in [6.07, 6.45) is 6.03. The number of rotatable bonds is 5. The highest BCUT2D eigenvalue weighted by molar-refractivity contribution is 9.10. The lowest BCUT2D eigenvalue weighted by atomic mass is 9.84. The van der Waals surface area contributed by atoms with Crippen LogP contribution in [0.5, 0.6) is 0 Å². The molecule has 0 N–H and O–H groups in total. The maximum atomic E-state index is 12.1. The van der Waals surface area contributed by atoms with Crippen molar-refractivity contribution < 1.29 is 19.1 Å². The maximum Gasteiger partial charge on any atom is 0.337 e. The van der Waals surface area contributed by atoms with Crippen molar-refractivity contribution in [3.8, 4) is 0 Å². The first-order valence-electron chi connectivity index (χ1n) is 9.12. The molecule has 0 saturated heterocycles. The van der Waals surface area contributed by atoms with Gasteiger partial charge in [0.05, 0.1) is 29.4 Å². The molecule has 1 aromatic carbocycles. The van der Waals surface area contributed by atoms with Crippen LogP contribution < -0.4 is 0 Å². The van der Waals surface area contributed by atoms with E-state index in [1.165, 1.54) is 31.9 Å². The summed E-state index contributed by atoms with van der Waals surface area (Å²) in [6.45, 7) is 2.25. The van der Waals surface area contributed by atoms with E-state index in [4.69, 9.17) is 9.47 Å². The second-order valence-corrected chi connectivity index (χ2v) is 7.41. The van der Waals surface area contributed by atoms with Gasteiger partial charge in [0.1, 0.15) is 6.54 Å². The average Bonchev–Trinajstić information content (AvgIpc) is 2.93. The van der Waals surface area contributed by atoms with Crippen LogP contribution in [0.1, 0.15) is 60.9 Å². The second-order valence-electron chi connectivity index (χ2n) is 6.65. The molecular formula is C20H24BrNO4. The summed E-state index contributed by atoms with van der Waals surface area (Å²) >= 11 is 3.73. The van der Waals surface area contributed by atoms with Crippen LogP contribution >= 0.6 is 15.9 Å². The third-order valence-electron chi connectivity index (χ3n) is 5.06. The van der Waals surface area contributed by atoms with Gasteiger partial charge in [0.15, 0.2) is 0 Å². The van der Waals surface area contributed by atoms with Crippen molar-refractivity contribution in [2.75, 3.05) is 13.7 Å². The molecule has 26 heavy (non-hydrogen) atoms. The predicted molar refractivity (Wildman–Crippen MR) is 103 cm³/mol. The smallest absolute Gasteiger partial charge is 0.337 e. The number of carbonyl (C=O) groups excluding carboxylic acids is 2. The molecule has 140 valence electrons. The number of fused-ring (bicyclic) bond motifs is 1. The van der Waals surface area contributed by atoms with Gasteiger partial charge < -0.3 is 14.0 Å². The summed E-state index contributed by atoms with van der Waals surface area (Å²) in [6, 6.07) is 5.57. The Morgan fingerprint density at radius 2 is 1.96 bits per heavy atom. The molecule has 2 aromatic rings. The quantitative estimate of drug-likeness (QED) is 0.650. The fourth-order valence-corrected chi connectivity index (χ4v) is 4.71. The molecule has 0 unspecified atom stereocenters. The van der Waals surface area contributed by atoms with Gasteiger partial charge in [-0.25, -0.2) is 4.79 Å². The number of esters is 2. The molecule has 0 spiro atoms. The average molecular weight is 422 g/mol. The molecule has 0 bridgehead atoms. The molecule has 3 rings (SSSR count). The first kappa shape index (κ1) is 19.0. The van der Waals surface area contributed by atoms with Crippen molar-refractivity contribution in [1.29, 1.82) is 0 Å². The lowest BCUT2D eigenvalue weighted by Crippen LogP contribution is -2.14. The Morgan fingerprint density at radius 1 is 1.23 bits per heavy atom. The van der Waals surface area contributed by atoms with E-state index in [0.717, 1.165) is 28.3 Å². The Hall–Kier alpha value is -1.82. The van der Waals surface area contributed by atoms with Crippen molar-refractivity contribution in [3.63, 3.8) is 0 Å². The third kappa shape index (κ3) is 3.65. The van der Waals surface area contributed by atoms with E-state index in [0.29, 0.717) is 18.1 Å². The van der Waals surface area contributed by atoms with Crippen molar-refractivity contribution in [2.45, 2.75) is 51.5 Å². The first-order valence-corrected chi connectivity index (χ1v) is 9.91. The zero-order valence-electron chi connectivity index (χ0n) is 15.2. The van der Waals surface area contributed by atoms with Crippen LogP contribution in [0.4, 0.5) is 0 Å². The number of hydrogen-bond acceptors (Lipinski definition) is 4. The molecular weight excluding hydrogens is 398 g/mol. The Labute approximate surface area is 161 Å². The van der Waals surface area contributed by atoms with Crippen LogP contribution in [0.3, 0.4) is 0 Å². The van der Waals surface area contributed by atoms with Gasteiger partial charge in [0.25, 0.3) is 0 Å². The SMILES string of the molecule is CCOC(=O)Cn1c(Br)c(C2CCCCC2)c2ccc(C(=O)OC)cc21. The maximum absolute atomic E-state index is 12.1. The molecule has 1 aliphatic carbocycles. The van der Waals surface area contributed by atoms with Crippen LogP contribution in [0, 0.1) is 0 Å². The van der Waals surface area contributed by atoms with Gasteiger partial charge in [-0.2, -0.15) is 0 Å². The standard InChI is InChI=1S/C20H24BrNO4/c1-3-26-17(23)12-22-16-11-14(20(24)25-2)9-10-15(16)18(19(22)21)13-7-5-4-6-8-13/h9-11,13H,3-8,12H2,1-2H3. The fraction of sp³-hybridized carbons (Fsp3) is 0.500.